The third-order valence-electron chi connectivity index (χ3n) is 3.22. The summed E-state index contributed by atoms with van der Waals surface area (Å²) in [5.41, 5.74) is 0.617. The van der Waals surface area contributed by atoms with Crippen LogP contribution < -0.4 is 15.5 Å². The lowest BCUT2D eigenvalue weighted by Gasteiger charge is -2.17. The van der Waals surface area contributed by atoms with Crippen LogP contribution in [0.15, 0.2) is 24.3 Å². The number of benzene rings is 1. The lowest BCUT2D eigenvalue weighted by Crippen LogP contribution is -2.43. The molecule has 0 bridgehead atoms. The average Bonchev–Trinajstić information content (AvgIpc) is 2.80. The largest absolute Gasteiger partial charge is 0.396 e. The van der Waals surface area contributed by atoms with Crippen molar-refractivity contribution in [1.29, 1.82) is 0 Å². The fraction of sp³-hybridized carbons (Fsp3) is 0.429. The second-order valence-electron chi connectivity index (χ2n) is 4.86. The van der Waals surface area contributed by atoms with Gasteiger partial charge in [-0.15, -0.1) is 0 Å². The van der Waals surface area contributed by atoms with Crippen molar-refractivity contribution in [2.24, 2.45) is 0 Å². The Kier molecular flexibility index (Phi) is 5.10. The molecule has 3 N–H and O–H groups in total. The minimum atomic E-state index is -0.359. The molecule has 6 nitrogen and oxygen atoms in total. The predicted molar refractivity (Wildman–Crippen MR) is 75.4 cm³/mol. The summed E-state index contributed by atoms with van der Waals surface area (Å²) in [5.74, 6) is -0.467. The molecular formula is C14H18FN3O3. The molecule has 0 radical (unpaired) electrons. The summed E-state index contributed by atoms with van der Waals surface area (Å²) in [6.45, 7) is 0.753. The maximum Gasteiger partial charge on any atom is 0.315 e. The summed E-state index contributed by atoms with van der Waals surface area (Å²) in [7, 11) is 0. The standard InChI is InChI=1S/C14H18FN3O3/c15-10-2-4-12(5-3-10)18-9-11(8-13(18)20)17-14(21)16-6-1-7-19/h2-5,11,19H,1,6-9H2,(H2,16,17,21)/t11-/m1/s1. The summed E-state index contributed by atoms with van der Waals surface area (Å²) >= 11 is 0. The molecule has 1 aromatic rings. The molecule has 1 atom stereocenters. The van der Waals surface area contributed by atoms with Gasteiger partial charge >= 0.3 is 6.03 Å². The number of aliphatic hydroxyl groups excluding tert-OH is 1. The van der Waals surface area contributed by atoms with Crippen molar-refractivity contribution in [1.82, 2.24) is 10.6 Å². The minimum Gasteiger partial charge on any atom is -0.396 e. The highest BCUT2D eigenvalue weighted by molar-refractivity contribution is 5.96. The number of hydrogen-bond acceptors (Lipinski definition) is 3. The van der Waals surface area contributed by atoms with Crippen LogP contribution >= 0.6 is 0 Å². The normalized spacial score (nSPS) is 17.9. The fourth-order valence-corrected chi connectivity index (χ4v) is 2.19. The molecule has 2 rings (SSSR count). The van der Waals surface area contributed by atoms with Crippen molar-refractivity contribution in [2.75, 3.05) is 24.6 Å². The highest BCUT2D eigenvalue weighted by Gasteiger charge is 2.31. The van der Waals surface area contributed by atoms with Gasteiger partial charge in [0.15, 0.2) is 0 Å². The molecule has 21 heavy (non-hydrogen) atoms. The predicted octanol–water partition coefficient (Wildman–Crippen LogP) is 0.613. The number of carbonyl (C=O) groups excluding carboxylic acids is 2. The third kappa shape index (κ3) is 4.16. The average molecular weight is 295 g/mol. The van der Waals surface area contributed by atoms with Gasteiger partial charge in [-0.25, -0.2) is 9.18 Å². The molecule has 1 heterocycles. The smallest absolute Gasteiger partial charge is 0.315 e. The first kappa shape index (κ1) is 15.2. The van der Waals surface area contributed by atoms with Gasteiger partial charge in [-0.2, -0.15) is 0 Å². The number of amides is 3. The Bertz CT molecular complexity index is 507. The SMILES string of the molecule is O=C(NCCCO)N[C@@H]1CC(=O)N(c2ccc(F)cc2)C1. The third-order valence-corrected chi connectivity index (χ3v) is 3.22. The molecule has 0 unspecified atom stereocenters. The van der Waals surface area contributed by atoms with E-state index >= 15 is 0 Å². The Morgan fingerprint density at radius 1 is 1.38 bits per heavy atom. The Labute approximate surface area is 121 Å². The first-order valence-electron chi connectivity index (χ1n) is 6.81. The number of aliphatic hydroxyl groups is 1. The molecule has 1 aliphatic heterocycles. The maximum absolute atomic E-state index is 12.9. The van der Waals surface area contributed by atoms with Gasteiger partial charge in [0, 0.05) is 31.8 Å². The van der Waals surface area contributed by atoms with Crippen LogP contribution in [0.5, 0.6) is 0 Å². The number of nitrogens with one attached hydrogen (secondary N) is 2. The van der Waals surface area contributed by atoms with Gasteiger partial charge in [0.1, 0.15) is 5.82 Å². The lowest BCUT2D eigenvalue weighted by atomic mass is 10.2. The highest BCUT2D eigenvalue weighted by atomic mass is 19.1. The molecule has 0 saturated carbocycles. The molecule has 0 spiro atoms. The van der Waals surface area contributed by atoms with E-state index in [1.807, 2.05) is 0 Å². The Morgan fingerprint density at radius 3 is 2.76 bits per heavy atom. The Balaban J connectivity index is 1.87. The first-order valence-corrected chi connectivity index (χ1v) is 6.81. The zero-order valence-corrected chi connectivity index (χ0v) is 11.5. The molecule has 0 aliphatic carbocycles. The highest BCUT2D eigenvalue weighted by Crippen LogP contribution is 2.21. The van der Waals surface area contributed by atoms with E-state index in [0.717, 1.165) is 0 Å². The number of anilines is 1. The fourth-order valence-electron chi connectivity index (χ4n) is 2.19. The molecule has 114 valence electrons. The molecule has 1 fully saturated rings. The summed E-state index contributed by atoms with van der Waals surface area (Å²) in [4.78, 5) is 25.1. The molecule has 0 aromatic heterocycles. The van der Waals surface area contributed by atoms with E-state index in [9.17, 15) is 14.0 Å². The van der Waals surface area contributed by atoms with Crippen molar-refractivity contribution in [3.8, 4) is 0 Å². The van der Waals surface area contributed by atoms with Crippen molar-refractivity contribution in [2.45, 2.75) is 18.9 Å². The zero-order valence-electron chi connectivity index (χ0n) is 11.5. The number of halogens is 1. The van der Waals surface area contributed by atoms with Crippen LogP contribution in [-0.2, 0) is 4.79 Å². The first-order chi connectivity index (χ1) is 10.1. The van der Waals surface area contributed by atoms with Crippen LogP contribution in [0, 0.1) is 5.82 Å². The van der Waals surface area contributed by atoms with E-state index in [0.29, 0.717) is 25.2 Å². The summed E-state index contributed by atoms with van der Waals surface area (Å²) in [6.07, 6.45) is 0.698. The number of carbonyl (C=O) groups is 2. The summed E-state index contributed by atoms with van der Waals surface area (Å²) < 4.78 is 12.9. The van der Waals surface area contributed by atoms with Crippen molar-refractivity contribution < 1.29 is 19.1 Å². The Hall–Kier alpha value is -2.15. The van der Waals surface area contributed by atoms with E-state index in [4.69, 9.17) is 5.11 Å². The van der Waals surface area contributed by atoms with Crippen LogP contribution in [-0.4, -0.2) is 42.8 Å². The van der Waals surface area contributed by atoms with Crippen LogP contribution in [0.2, 0.25) is 0 Å². The van der Waals surface area contributed by atoms with Gasteiger partial charge in [-0.1, -0.05) is 0 Å². The van der Waals surface area contributed by atoms with Crippen molar-refractivity contribution >= 4 is 17.6 Å². The molecule has 1 aliphatic rings. The number of hydrogen-bond donors (Lipinski definition) is 3. The van der Waals surface area contributed by atoms with Gasteiger partial charge < -0.3 is 20.6 Å². The van der Waals surface area contributed by atoms with Gasteiger partial charge in [0.05, 0.1) is 6.04 Å². The van der Waals surface area contributed by atoms with Crippen molar-refractivity contribution in [3.63, 3.8) is 0 Å². The topological polar surface area (TPSA) is 81.7 Å². The maximum atomic E-state index is 12.9. The van der Waals surface area contributed by atoms with Crippen LogP contribution in [0.25, 0.3) is 0 Å². The van der Waals surface area contributed by atoms with Crippen molar-refractivity contribution in [3.05, 3.63) is 30.1 Å². The van der Waals surface area contributed by atoms with E-state index in [-0.39, 0.29) is 36.8 Å². The van der Waals surface area contributed by atoms with Gasteiger partial charge in [0.2, 0.25) is 5.91 Å². The number of nitrogens with zero attached hydrogens (tertiary/aromatic N) is 1. The molecule has 1 aromatic carbocycles. The van der Waals surface area contributed by atoms with E-state index < -0.39 is 0 Å². The summed E-state index contributed by atoms with van der Waals surface area (Å²) in [5, 5.41) is 13.9. The molecular weight excluding hydrogens is 277 g/mol. The minimum absolute atomic E-state index is 0.0144. The monoisotopic (exact) mass is 295 g/mol. The lowest BCUT2D eigenvalue weighted by molar-refractivity contribution is -0.117. The molecule has 1 saturated heterocycles. The zero-order chi connectivity index (χ0) is 15.2. The number of urea groups is 1. The second-order valence-corrected chi connectivity index (χ2v) is 4.86. The Morgan fingerprint density at radius 2 is 2.10 bits per heavy atom. The van der Waals surface area contributed by atoms with E-state index in [2.05, 4.69) is 10.6 Å². The van der Waals surface area contributed by atoms with Crippen LogP contribution in [0.4, 0.5) is 14.9 Å². The quantitative estimate of drug-likeness (QED) is 0.696. The van der Waals surface area contributed by atoms with Gasteiger partial charge in [0.25, 0.3) is 0 Å². The van der Waals surface area contributed by atoms with E-state index in [1.165, 1.54) is 29.2 Å². The second kappa shape index (κ2) is 7.03. The van der Waals surface area contributed by atoms with Gasteiger partial charge in [-0.3, -0.25) is 4.79 Å². The van der Waals surface area contributed by atoms with E-state index in [1.54, 1.807) is 0 Å². The molecule has 7 heteroatoms. The summed E-state index contributed by atoms with van der Waals surface area (Å²) in [6, 6.07) is 5.03. The van der Waals surface area contributed by atoms with Crippen LogP contribution in [0.1, 0.15) is 12.8 Å². The number of rotatable bonds is 5. The van der Waals surface area contributed by atoms with Gasteiger partial charge in [-0.05, 0) is 30.7 Å². The molecule has 3 amide bonds. The van der Waals surface area contributed by atoms with Crippen LogP contribution in [0.3, 0.4) is 0 Å².